The summed E-state index contributed by atoms with van der Waals surface area (Å²) in [6, 6.07) is 0. The number of hydrogen-bond donors (Lipinski definition) is 0. The summed E-state index contributed by atoms with van der Waals surface area (Å²) in [5, 5.41) is 3.46. The number of Topliss-reactive ketones (excluding diaryl/α,β-unsaturated/α-hetero) is 1. The van der Waals surface area contributed by atoms with Crippen LogP contribution in [0.3, 0.4) is 0 Å². The summed E-state index contributed by atoms with van der Waals surface area (Å²) in [4.78, 5) is 36.1. The molecule has 0 radical (unpaired) electrons. The van der Waals surface area contributed by atoms with Gasteiger partial charge in [-0.1, -0.05) is 5.16 Å². The third-order valence-electron chi connectivity index (χ3n) is 2.76. The second-order valence-electron chi connectivity index (χ2n) is 4.12. The van der Waals surface area contributed by atoms with Crippen LogP contribution in [0, 0.1) is 0 Å². The molecule has 21 heavy (non-hydrogen) atoms. The first-order valence-electron chi connectivity index (χ1n) is 6.10. The minimum Gasteiger partial charge on any atom is -0.464 e. The van der Waals surface area contributed by atoms with E-state index in [2.05, 4.69) is 9.89 Å². The molecule has 0 saturated carbocycles. The highest BCUT2D eigenvalue weighted by molar-refractivity contribution is 8.04. The standard InChI is InChI=1S/C13H13NO6S/c1-18-4-3-5-21-8-6-7(15)12-9(11(8)16)10(14-20-12)13(17)19-2/h6H,3-5H2,1-2H3. The topological polar surface area (TPSA) is 95.7 Å². The van der Waals surface area contributed by atoms with E-state index < -0.39 is 17.5 Å². The second kappa shape index (κ2) is 6.68. The van der Waals surface area contributed by atoms with Gasteiger partial charge in [0.15, 0.2) is 0 Å². The molecule has 0 spiro atoms. The minimum atomic E-state index is -0.813. The van der Waals surface area contributed by atoms with Gasteiger partial charge in [-0.3, -0.25) is 9.59 Å². The molecule has 1 heterocycles. The van der Waals surface area contributed by atoms with E-state index in [1.54, 1.807) is 7.11 Å². The van der Waals surface area contributed by atoms with Gasteiger partial charge < -0.3 is 14.0 Å². The Bertz CT molecular complexity index is 618. The van der Waals surface area contributed by atoms with Gasteiger partial charge in [0, 0.05) is 25.5 Å². The van der Waals surface area contributed by atoms with Gasteiger partial charge in [0.25, 0.3) is 0 Å². The number of ether oxygens (including phenoxy) is 2. The Balaban J connectivity index is 2.23. The summed E-state index contributed by atoms with van der Waals surface area (Å²) in [7, 11) is 2.75. The first-order chi connectivity index (χ1) is 10.1. The summed E-state index contributed by atoms with van der Waals surface area (Å²) in [5.41, 5.74) is -0.391. The number of methoxy groups -OCH3 is 2. The van der Waals surface area contributed by atoms with Crippen LogP contribution in [0.5, 0.6) is 0 Å². The van der Waals surface area contributed by atoms with E-state index in [9.17, 15) is 14.4 Å². The lowest BCUT2D eigenvalue weighted by atomic mass is 10.00. The zero-order valence-corrected chi connectivity index (χ0v) is 12.3. The van der Waals surface area contributed by atoms with Crippen LogP contribution in [0.1, 0.15) is 37.8 Å². The molecule has 2 rings (SSSR count). The number of ketones is 2. The maximum Gasteiger partial charge on any atom is 0.361 e. The fourth-order valence-electron chi connectivity index (χ4n) is 1.77. The molecule has 0 bridgehead atoms. The van der Waals surface area contributed by atoms with Gasteiger partial charge in [0.2, 0.25) is 23.0 Å². The zero-order valence-electron chi connectivity index (χ0n) is 11.5. The van der Waals surface area contributed by atoms with E-state index in [-0.39, 0.29) is 21.9 Å². The van der Waals surface area contributed by atoms with Crippen molar-refractivity contribution in [2.75, 3.05) is 26.6 Å². The summed E-state index contributed by atoms with van der Waals surface area (Å²) in [6.45, 7) is 0.564. The third kappa shape index (κ3) is 3.06. The molecule has 0 atom stereocenters. The number of aromatic nitrogens is 1. The molecule has 0 aromatic carbocycles. The van der Waals surface area contributed by atoms with Crippen molar-refractivity contribution in [1.82, 2.24) is 5.16 Å². The van der Waals surface area contributed by atoms with Crippen molar-refractivity contribution < 1.29 is 28.4 Å². The number of thioether (sulfide) groups is 1. The highest BCUT2D eigenvalue weighted by Gasteiger charge is 2.36. The van der Waals surface area contributed by atoms with Gasteiger partial charge in [-0.15, -0.1) is 11.8 Å². The van der Waals surface area contributed by atoms with E-state index in [4.69, 9.17) is 9.26 Å². The van der Waals surface area contributed by atoms with Crippen molar-refractivity contribution in [1.29, 1.82) is 0 Å². The number of fused-ring (bicyclic) bond motifs is 1. The van der Waals surface area contributed by atoms with Crippen LogP contribution in [0.25, 0.3) is 0 Å². The molecule has 0 saturated heterocycles. The summed E-state index contributed by atoms with van der Waals surface area (Å²) < 4.78 is 14.2. The first-order valence-corrected chi connectivity index (χ1v) is 7.09. The van der Waals surface area contributed by atoms with Crippen molar-refractivity contribution >= 4 is 29.3 Å². The van der Waals surface area contributed by atoms with Crippen LogP contribution in [-0.4, -0.2) is 49.3 Å². The molecule has 0 N–H and O–H groups in total. The van der Waals surface area contributed by atoms with Crippen LogP contribution in [0.4, 0.5) is 0 Å². The molecular weight excluding hydrogens is 298 g/mol. The second-order valence-corrected chi connectivity index (χ2v) is 5.26. The van der Waals surface area contributed by atoms with Crippen molar-refractivity contribution in [3.63, 3.8) is 0 Å². The van der Waals surface area contributed by atoms with Crippen LogP contribution in [-0.2, 0) is 9.47 Å². The molecule has 1 aromatic heterocycles. The minimum absolute atomic E-state index is 0.122. The summed E-state index contributed by atoms with van der Waals surface area (Å²) >= 11 is 1.23. The normalized spacial score (nSPS) is 13.9. The molecule has 1 aromatic rings. The lowest BCUT2D eigenvalue weighted by Crippen LogP contribution is -2.18. The Morgan fingerprint density at radius 3 is 2.81 bits per heavy atom. The smallest absolute Gasteiger partial charge is 0.361 e. The number of carbonyl (C=O) groups excluding carboxylic acids is 3. The van der Waals surface area contributed by atoms with Crippen molar-refractivity contribution in [3.8, 4) is 0 Å². The third-order valence-corrected chi connectivity index (χ3v) is 3.87. The van der Waals surface area contributed by atoms with Crippen molar-refractivity contribution in [3.05, 3.63) is 28.0 Å². The highest BCUT2D eigenvalue weighted by Crippen LogP contribution is 2.30. The van der Waals surface area contributed by atoms with E-state index in [1.165, 1.54) is 17.8 Å². The van der Waals surface area contributed by atoms with Gasteiger partial charge in [-0.2, -0.15) is 0 Å². The summed E-state index contributed by atoms with van der Waals surface area (Å²) in [6.07, 6.45) is 1.94. The molecule has 1 aliphatic carbocycles. The van der Waals surface area contributed by atoms with Gasteiger partial charge in [-0.25, -0.2) is 4.79 Å². The number of carbonyl (C=O) groups is 3. The average molecular weight is 311 g/mol. The lowest BCUT2D eigenvalue weighted by Gasteiger charge is -2.10. The Morgan fingerprint density at radius 1 is 1.38 bits per heavy atom. The maximum absolute atomic E-state index is 12.3. The number of nitrogens with zero attached hydrogens (tertiary/aromatic N) is 1. The number of hydrogen-bond acceptors (Lipinski definition) is 8. The number of allylic oxidation sites excluding steroid dienone is 2. The highest BCUT2D eigenvalue weighted by atomic mass is 32.2. The van der Waals surface area contributed by atoms with Crippen LogP contribution >= 0.6 is 11.8 Å². The van der Waals surface area contributed by atoms with Gasteiger partial charge >= 0.3 is 5.97 Å². The predicted molar refractivity (Wildman–Crippen MR) is 73.5 cm³/mol. The molecule has 112 valence electrons. The van der Waals surface area contributed by atoms with Crippen molar-refractivity contribution in [2.45, 2.75) is 6.42 Å². The van der Waals surface area contributed by atoms with E-state index in [1.807, 2.05) is 0 Å². The van der Waals surface area contributed by atoms with Crippen LogP contribution in [0.2, 0.25) is 0 Å². The fourth-order valence-corrected chi connectivity index (χ4v) is 2.68. The Hall–Kier alpha value is -1.93. The van der Waals surface area contributed by atoms with E-state index in [0.29, 0.717) is 12.4 Å². The SMILES string of the molecule is COCCCSC1=CC(=O)c2onc(C(=O)OC)c2C1=O. The zero-order chi connectivity index (χ0) is 15.4. The van der Waals surface area contributed by atoms with E-state index >= 15 is 0 Å². The molecular formula is C13H13NO6S. The lowest BCUT2D eigenvalue weighted by molar-refractivity contribution is 0.0586. The Kier molecular flexibility index (Phi) is 4.92. The predicted octanol–water partition coefficient (Wildman–Crippen LogP) is 1.49. The quantitative estimate of drug-likeness (QED) is 0.576. The monoisotopic (exact) mass is 311 g/mol. The van der Waals surface area contributed by atoms with Gasteiger partial charge in [-0.05, 0) is 6.42 Å². The fraction of sp³-hybridized carbons (Fsp3) is 0.385. The van der Waals surface area contributed by atoms with Gasteiger partial charge in [0.1, 0.15) is 5.56 Å². The van der Waals surface area contributed by atoms with Crippen LogP contribution < -0.4 is 0 Å². The molecule has 8 heteroatoms. The van der Waals surface area contributed by atoms with Crippen molar-refractivity contribution in [2.24, 2.45) is 0 Å². The largest absolute Gasteiger partial charge is 0.464 e. The molecule has 1 aliphatic rings. The number of esters is 1. The van der Waals surface area contributed by atoms with E-state index in [0.717, 1.165) is 13.5 Å². The molecule has 0 unspecified atom stereocenters. The average Bonchev–Trinajstić information content (AvgIpc) is 2.93. The Morgan fingerprint density at radius 2 is 2.14 bits per heavy atom. The molecule has 0 aliphatic heterocycles. The van der Waals surface area contributed by atoms with Gasteiger partial charge in [0.05, 0.1) is 12.0 Å². The first kappa shape index (κ1) is 15.5. The Labute approximate surface area is 124 Å². The molecule has 7 nitrogen and oxygen atoms in total. The summed E-state index contributed by atoms with van der Waals surface area (Å²) in [5.74, 6) is -1.35. The maximum atomic E-state index is 12.3. The number of rotatable bonds is 6. The molecule has 0 fully saturated rings. The molecule has 0 amide bonds. The van der Waals surface area contributed by atoms with Crippen LogP contribution in [0.15, 0.2) is 15.5 Å².